The van der Waals surface area contributed by atoms with Crippen LogP contribution in [0.2, 0.25) is 0 Å². The zero-order valence-corrected chi connectivity index (χ0v) is 8.92. The Labute approximate surface area is 82.0 Å². The number of hydrogen-bond acceptors (Lipinski definition) is 2. The third-order valence-electron chi connectivity index (χ3n) is 2.71. The summed E-state index contributed by atoms with van der Waals surface area (Å²) in [6, 6.07) is 1.34. The van der Waals surface area contributed by atoms with E-state index in [1.165, 1.54) is 25.9 Å². The summed E-state index contributed by atoms with van der Waals surface area (Å²) < 4.78 is 0. The maximum absolute atomic E-state index is 3.80. The van der Waals surface area contributed by atoms with Gasteiger partial charge in [0.2, 0.25) is 0 Å². The van der Waals surface area contributed by atoms with E-state index < -0.39 is 0 Å². The predicted octanol–water partition coefficient (Wildman–Crippen LogP) is 1.63. The Morgan fingerprint density at radius 2 is 2.38 bits per heavy atom. The molecule has 1 unspecified atom stereocenters. The average Bonchev–Trinajstić information content (AvgIpc) is 2.56. The van der Waals surface area contributed by atoms with Crippen LogP contribution in [0.1, 0.15) is 26.7 Å². The molecule has 0 aromatic heterocycles. The molecule has 1 fully saturated rings. The minimum absolute atomic E-state index is 0.625. The maximum Gasteiger partial charge on any atom is 0.0195 e. The lowest BCUT2D eigenvalue weighted by molar-refractivity contribution is 0.224. The van der Waals surface area contributed by atoms with E-state index in [0.717, 1.165) is 6.54 Å². The summed E-state index contributed by atoms with van der Waals surface area (Å²) in [5, 5.41) is 3.52. The van der Waals surface area contributed by atoms with E-state index in [4.69, 9.17) is 0 Å². The minimum atomic E-state index is 0.625. The summed E-state index contributed by atoms with van der Waals surface area (Å²) in [4.78, 5) is 2.47. The number of hydrogen-bond donors (Lipinski definition) is 1. The molecule has 1 saturated heterocycles. The molecule has 13 heavy (non-hydrogen) atoms. The molecular weight excluding hydrogens is 160 g/mol. The van der Waals surface area contributed by atoms with Crippen molar-refractivity contribution in [1.82, 2.24) is 10.2 Å². The SMILES string of the molecule is C=CCN(CC1CCCN1)C(C)C. The van der Waals surface area contributed by atoms with Gasteiger partial charge in [-0.15, -0.1) is 6.58 Å². The molecule has 2 nitrogen and oxygen atoms in total. The van der Waals surface area contributed by atoms with Crippen molar-refractivity contribution in [2.45, 2.75) is 38.8 Å². The van der Waals surface area contributed by atoms with Crippen LogP contribution in [0.25, 0.3) is 0 Å². The van der Waals surface area contributed by atoms with Crippen molar-refractivity contribution < 1.29 is 0 Å². The third kappa shape index (κ3) is 3.49. The van der Waals surface area contributed by atoms with Crippen molar-refractivity contribution in [2.24, 2.45) is 0 Å². The molecule has 1 aliphatic heterocycles. The topological polar surface area (TPSA) is 15.3 Å². The van der Waals surface area contributed by atoms with Gasteiger partial charge in [0.05, 0.1) is 0 Å². The zero-order chi connectivity index (χ0) is 9.68. The lowest BCUT2D eigenvalue weighted by Crippen LogP contribution is -2.41. The molecule has 2 heteroatoms. The summed E-state index contributed by atoms with van der Waals surface area (Å²) >= 11 is 0. The largest absolute Gasteiger partial charge is 0.313 e. The highest BCUT2D eigenvalue weighted by Gasteiger charge is 2.18. The van der Waals surface area contributed by atoms with Crippen molar-refractivity contribution in [3.8, 4) is 0 Å². The van der Waals surface area contributed by atoms with Crippen molar-refractivity contribution in [3.63, 3.8) is 0 Å². The lowest BCUT2D eigenvalue weighted by Gasteiger charge is -2.27. The van der Waals surface area contributed by atoms with Crippen molar-refractivity contribution in [2.75, 3.05) is 19.6 Å². The maximum atomic E-state index is 3.80. The molecule has 1 aliphatic rings. The highest BCUT2D eigenvalue weighted by Crippen LogP contribution is 2.08. The molecular formula is C11H22N2. The van der Waals surface area contributed by atoms with E-state index in [2.05, 4.69) is 30.6 Å². The normalized spacial score (nSPS) is 22.9. The van der Waals surface area contributed by atoms with Gasteiger partial charge in [-0.3, -0.25) is 4.90 Å². The van der Waals surface area contributed by atoms with Crippen LogP contribution in [0.4, 0.5) is 0 Å². The summed E-state index contributed by atoms with van der Waals surface area (Å²) in [5.74, 6) is 0. The molecule has 1 rings (SSSR count). The Morgan fingerprint density at radius 3 is 2.85 bits per heavy atom. The van der Waals surface area contributed by atoms with E-state index in [9.17, 15) is 0 Å². The molecule has 0 aromatic carbocycles. The van der Waals surface area contributed by atoms with E-state index in [1.807, 2.05) is 6.08 Å². The molecule has 1 heterocycles. The van der Waals surface area contributed by atoms with E-state index >= 15 is 0 Å². The standard InChI is InChI=1S/C11H22N2/c1-4-8-13(10(2)3)9-11-6-5-7-12-11/h4,10-12H,1,5-9H2,2-3H3. The van der Waals surface area contributed by atoms with Crippen LogP contribution in [-0.4, -0.2) is 36.6 Å². The highest BCUT2D eigenvalue weighted by molar-refractivity contribution is 4.82. The van der Waals surface area contributed by atoms with Crippen LogP contribution in [0.5, 0.6) is 0 Å². The van der Waals surface area contributed by atoms with Crippen LogP contribution >= 0.6 is 0 Å². The van der Waals surface area contributed by atoms with Gasteiger partial charge in [-0.05, 0) is 33.2 Å². The predicted molar refractivity (Wildman–Crippen MR) is 57.9 cm³/mol. The Bertz CT molecular complexity index is 148. The zero-order valence-electron chi connectivity index (χ0n) is 8.92. The van der Waals surface area contributed by atoms with Gasteiger partial charge in [0.25, 0.3) is 0 Å². The van der Waals surface area contributed by atoms with Gasteiger partial charge in [0.15, 0.2) is 0 Å². The molecule has 0 aromatic rings. The summed E-state index contributed by atoms with van der Waals surface area (Å²) in [6.45, 7) is 11.7. The van der Waals surface area contributed by atoms with E-state index in [1.54, 1.807) is 0 Å². The molecule has 0 aliphatic carbocycles. The van der Waals surface area contributed by atoms with Crippen molar-refractivity contribution in [1.29, 1.82) is 0 Å². The van der Waals surface area contributed by atoms with Crippen LogP contribution in [0, 0.1) is 0 Å². The third-order valence-corrected chi connectivity index (χ3v) is 2.71. The fourth-order valence-electron chi connectivity index (χ4n) is 1.86. The first-order valence-electron chi connectivity index (χ1n) is 5.32. The molecule has 1 N–H and O–H groups in total. The van der Waals surface area contributed by atoms with Crippen LogP contribution in [0.3, 0.4) is 0 Å². The second-order valence-corrected chi connectivity index (χ2v) is 4.13. The Kier molecular flexibility index (Phi) is 4.46. The summed E-state index contributed by atoms with van der Waals surface area (Å²) in [7, 11) is 0. The average molecular weight is 182 g/mol. The van der Waals surface area contributed by atoms with Gasteiger partial charge in [-0.1, -0.05) is 6.08 Å². The van der Waals surface area contributed by atoms with Crippen LogP contribution < -0.4 is 5.32 Å². The van der Waals surface area contributed by atoms with E-state index in [0.29, 0.717) is 12.1 Å². The summed E-state index contributed by atoms with van der Waals surface area (Å²) in [6.07, 6.45) is 4.67. The Morgan fingerprint density at radius 1 is 1.62 bits per heavy atom. The number of nitrogens with one attached hydrogen (secondary N) is 1. The number of rotatable bonds is 5. The highest BCUT2D eigenvalue weighted by atomic mass is 15.2. The van der Waals surface area contributed by atoms with Gasteiger partial charge in [-0.25, -0.2) is 0 Å². The molecule has 0 amide bonds. The fraction of sp³-hybridized carbons (Fsp3) is 0.818. The molecule has 0 bridgehead atoms. The van der Waals surface area contributed by atoms with E-state index in [-0.39, 0.29) is 0 Å². The van der Waals surface area contributed by atoms with Crippen molar-refractivity contribution >= 4 is 0 Å². The molecule has 76 valence electrons. The fourth-order valence-corrected chi connectivity index (χ4v) is 1.86. The van der Waals surface area contributed by atoms with Crippen LogP contribution in [0.15, 0.2) is 12.7 Å². The minimum Gasteiger partial charge on any atom is -0.313 e. The van der Waals surface area contributed by atoms with Crippen molar-refractivity contribution in [3.05, 3.63) is 12.7 Å². The lowest BCUT2D eigenvalue weighted by atomic mass is 10.2. The van der Waals surface area contributed by atoms with Gasteiger partial charge in [0, 0.05) is 25.2 Å². The smallest absolute Gasteiger partial charge is 0.0195 e. The first kappa shape index (κ1) is 10.7. The molecule has 0 saturated carbocycles. The summed E-state index contributed by atoms with van der Waals surface area (Å²) in [5.41, 5.74) is 0. The monoisotopic (exact) mass is 182 g/mol. The Hall–Kier alpha value is -0.340. The molecule has 0 radical (unpaired) electrons. The quantitative estimate of drug-likeness (QED) is 0.650. The van der Waals surface area contributed by atoms with Gasteiger partial charge >= 0.3 is 0 Å². The Balaban J connectivity index is 2.31. The van der Waals surface area contributed by atoms with Gasteiger partial charge in [0.1, 0.15) is 0 Å². The first-order chi connectivity index (χ1) is 6.24. The molecule has 1 atom stereocenters. The van der Waals surface area contributed by atoms with Gasteiger partial charge < -0.3 is 5.32 Å². The molecule has 0 spiro atoms. The number of nitrogens with zero attached hydrogens (tertiary/aromatic N) is 1. The van der Waals surface area contributed by atoms with Gasteiger partial charge in [-0.2, -0.15) is 0 Å². The van der Waals surface area contributed by atoms with Crippen LogP contribution in [-0.2, 0) is 0 Å². The second kappa shape index (κ2) is 5.40. The second-order valence-electron chi connectivity index (χ2n) is 4.13. The first-order valence-corrected chi connectivity index (χ1v) is 5.32.